The smallest absolute Gasteiger partial charge is 0.229 e. The second kappa shape index (κ2) is 8.44. The van der Waals surface area contributed by atoms with Crippen LogP contribution in [0.3, 0.4) is 0 Å². The second-order valence-corrected chi connectivity index (χ2v) is 8.28. The molecule has 3 N–H and O–H groups in total. The minimum atomic E-state index is -0.186. The molecule has 0 saturated carbocycles. The van der Waals surface area contributed by atoms with E-state index in [1.807, 2.05) is 49.4 Å². The van der Waals surface area contributed by atoms with Crippen LogP contribution >= 0.6 is 11.3 Å². The molecule has 1 heterocycles. The second-order valence-electron chi connectivity index (χ2n) is 7.19. The standard InChI is InChI=1S/C22H25N3O2S/c1-13(2)16-6-9-17(10-7-16)23-20(26)12-19-21(27)25-22(28-19)24-18-8-5-14(3)15(4)11-18/h5-11,13,27H,12H2,1-4H3,(H,23,26)(H,24,25). The highest BCUT2D eigenvalue weighted by Gasteiger charge is 2.15. The minimum absolute atomic E-state index is 0.0734. The summed E-state index contributed by atoms with van der Waals surface area (Å²) in [6, 6.07) is 13.8. The summed E-state index contributed by atoms with van der Waals surface area (Å²) in [6.07, 6.45) is 0.0734. The van der Waals surface area contributed by atoms with Crippen LogP contribution < -0.4 is 10.6 Å². The topological polar surface area (TPSA) is 74.2 Å². The van der Waals surface area contributed by atoms with Gasteiger partial charge in [0.25, 0.3) is 0 Å². The number of rotatable bonds is 6. The molecule has 5 nitrogen and oxygen atoms in total. The predicted octanol–water partition coefficient (Wildman–Crippen LogP) is 5.51. The molecule has 0 aliphatic heterocycles. The Morgan fingerprint density at radius 3 is 2.39 bits per heavy atom. The monoisotopic (exact) mass is 395 g/mol. The highest BCUT2D eigenvalue weighted by atomic mass is 32.1. The average molecular weight is 396 g/mol. The van der Waals surface area contributed by atoms with Crippen LogP contribution in [0.2, 0.25) is 0 Å². The van der Waals surface area contributed by atoms with Gasteiger partial charge < -0.3 is 15.7 Å². The number of nitrogens with one attached hydrogen (secondary N) is 2. The number of thiazole rings is 1. The van der Waals surface area contributed by atoms with Gasteiger partial charge in [0.1, 0.15) is 0 Å². The zero-order valence-electron chi connectivity index (χ0n) is 16.5. The lowest BCUT2D eigenvalue weighted by Crippen LogP contribution is -2.13. The van der Waals surface area contributed by atoms with Crippen LogP contribution in [0.4, 0.5) is 16.5 Å². The normalized spacial score (nSPS) is 10.9. The largest absolute Gasteiger partial charge is 0.492 e. The van der Waals surface area contributed by atoms with Gasteiger partial charge in [-0.05, 0) is 60.7 Å². The SMILES string of the molecule is Cc1ccc(Nc2nc(O)c(CC(=O)Nc3ccc(C(C)C)cc3)s2)cc1C. The molecule has 0 spiro atoms. The number of carbonyl (C=O) groups excluding carboxylic acids is 1. The van der Waals surface area contributed by atoms with Crippen molar-refractivity contribution in [1.82, 2.24) is 4.98 Å². The van der Waals surface area contributed by atoms with Crippen molar-refractivity contribution in [3.63, 3.8) is 0 Å². The Hall–Kier alpha value is -2.86. The summed E-state index contributed by atoms with van der Waals surface area (Å²) in [7, 11) is 0. The minimum Gasteiger partial charge on any atom is -0.492 e. The first-order chi connectivity index (χ1) is 13.3. The molecule has 1 amide bonds. The fourth-order valence-corrected chi connectivity index (χ4v) is 3.63. The molecule has 0 aliphatic carbocycles. The van der Waals surface area contributed by atoms with Crippen LogP contribution in [0.5, 0.6) is 5.88 Å². The van der Waals surface area contributed by atoms with Crippen molar-refractivity contribution in [1.29, 1.82) is 0 Å². The summed E-state index contributed by atoms with van der Waals surface area (Å²) >= 11 is 1.28. The molecule has 6 heteroatoms. The zero-order chi connectivity index (χ0) is 20.3. The fraction of sp³-hybridized carbons (Fsp3) is 0.273. The lowest BCUT2D eigenvalue weighted by molar-refractivity contribution is -0.115. The van der Waals surface area contributed by atoms with Gasteiger partial charge in [-0.3, -0.25) is 4.79 Å². The van der Waals surface area contributed by atoms with Gasteiger partial charge in [-0.15, -0.1) is 0 Å². The number of anilines is 3. The van der Waals surface area contributed by atoms with E-state index in [0.29, 0.717) is 15.9 Å². The van der Waals surface area contributed by atoms with Gasteiger partial charge in [0.2, 0.25) is 11.8 Å². The highest BCUT2D eigenvalue weighted by molar-refractivity contribution is 7.16. The first kappa shape index (κ1) is 19.9. The summed E-state index contributed by atoms with van der Waals surface area (Å²) in [5.41, 5.74) is 5.25. The van der Waals surface area contributed by atoms with Gasteiger partial charge in [0.15, 0.2) is 5.13 Å². The van der Waals surface area contributed by atoms with Crippen molar-refractivity contribution in [3.8, 4) is 5.88 Å². The first-order valence-corrected chi connectivity index (χ1v) is 10.1. The van der Waals surface area contributed by atoms with E-state index in [2.05, 4.69) is 36.4 Å². The van der Waals surface area contributed by atoms with E-state index in [1.54, 1.807) is 0 Å². The van der Waals surface area contributed by atoms with Crippen LogP contribution in [0.15, 0.2) is 42.5 Å². The van der Waals surface area contributed by atoms with Gasteiger partial charge in [-0.2, -0.15) is 4.98 Å². The maximum absolute atomic E-state index is 12.3. The van der Waals surface area contributed by atoms with E-state index in [-0.39, 0.29) is 18.2 Å². The molecule has 0 radical (unpaired) electrons. The van der Waals surface area contributed by atoms with E-state index in [0.717, 1.165) is 11.4 Å². The molecule has 0 aliphatic rings. The van der Waals surface area contributed by atoms with Crippen molar-refractivity contribution >= 4 is 33.8 Å². The van der Waals surface area contributed by atoms with E-state index in [1.165, 1.54) is 28.0 Å². The van der Waals surface area contributed by atoms with Crippen LogP contribution in [0.1, 0.15) is 41.3 Å². The van der Waals surface area contributed by atoms with E-state index >= 15 is 0 Å². The molecule has 0 atom stereocenters. The molecule has 3 aromatic rings. The van der Waals surface area contributed by atoms with Crippen molar-refractivity contribution in [2.75, 3.05) is 10.6 Å². The number of amides is 1. The summed E-state index contributed by atoms with van der Waals surface area (Å²) in [5.74, 6) is 0.151. The van der Waals surface area contributed by atoms with Gasteiger partial charge in [-0.1, -0.05) is 43.4 Å². The Morgan fingerprint density at radius 2 is 1.75 bits per heavy atom. The number of benzene rings is 2. The molecule has 146 valence electrons. The lowest BCUT2D eigenvalue weighted by Gasteiger charge is -2.08. The third-order valence-corrected chi connectivity index (χ3v) is 5.58. The number of aromatic nitrogens is 1. The van der Waals surface area contributed by atoms with Crippen molar-refractivity contribution in [2.45, 2.75) is 40.0 Å². The van der Waals surface area contributed by atoms with Crippen molar-refractivity contribution in [3.05, 3.63) is 64.0 Å². The Labute approximate surface area is 169 Å². The maximum Gasteiger partial charge on any atom is 0.229 e. The van der Waals surface area contributed by atoms with Crippen LogP contribution in [-0.2, 0) is 11.2 Å². The molecule has 0 fully saturated rings. The van der Waals surface area contributed by atoms with Gasteiger partial charge in [-0.25, -0.2) is 0 Å². The summed E-state index contributed by atoms with van der Waals surface area (Å²) in [4.78, 5) is 17.0. The molecule has 2 aromatic carbocycles. The Kier molecular flexibility index (Phi) is 5.99. The molecular weight excluding hydrogens is 370 g/mol. The van der Waals surface area contributed by atoms with E-state index in [9.17, 15) is 9.90 Å². The van der Waals surface area contributed by atoms with Crippen LogP contribution in [-0.4, -0.2) is 16.0 Å². The number of aryl methyl sites for hydroxylation is 2. The van der Waals surface area contributed by atoms with E-state index in [4.69, 9.17) is 0 Å². The first-order valence-electron chi connectivity index (χ1n) is 9.24. The number of nitrogens with zero attached hydrogens (tertiary/aromatic N) is 1. The van der Waals surface area contributed by atoms with Crippen LogP contribution in [0.25, 0.3) is 0 Å². The van der Waals surface area contributed by atoms with Gasteiger partial charge in [0, 0.05) is 11.4 Å². The molecular formula is C22H25N3O2S. The highest BCUT2D eigenvalue weighted by Crippen LogP contribution is 2.31. The third-order valence-electron chi connectivity index (χ3n) is 4.62. The average Bonchev–Trinajstić information content (AvgIpc) is 2.97. The summed E-state index contributed by atoms with van der Waals surface area (Å²) in [6.45, 7) is 8.36. The Bertz CT molecular complexity index is 978. The van der Waals surface area contributed by atoms with Crippen molar-refractivity contribution < 1.29 is 9.90 Å². The third kappa shape index (κ3) is 4.89. The van der Waals surface area contributed by atoms with E-state index < -0.39 is 0 Å². The van der Waals surface area contributed by atoms with Crippen molar-refractivity contribution in [2.24, 2.45) is 0 Å². The number of aromatic hydroxyl groups is 1. The number of hydrogen-bond donors (Lipinski definition) is 3. The number of hydrogen-bond acceptors (Lipinski definition) is 5. The predicted molar refractivity (Wildman–Crippen MR) is 116 cm³/mol. The number of carbonyl (C=O) groups is 1. The van der Waals surface area contributed by atoms with Crippen LogP contribution in [0, 0.1) is 13.8 Å². The molecule has 0 bridgehead atoms. The fourth-order valence-electron chi connectivity index (χ4n) is 2.76. The summed E-state index contributed by atoms with van der Waals surface area (Å²) in [5, 5.41) is 16.7. The van der Waals surface area contributed by atoms with Gasteiger partial charge >= 0.3 is 0 Å². The quantitative estimate of drug-likeness (QED) is 0.514. The molecule has 3 rings (SSSR count). The molecule has 0 saturated heterocycles. The summed E-state index contributed by atoms with van der Waals surface area (Å²) < 4.78 is 0. The van der Waals surface area contributed by atoms with Gasteiger partial charge in [0.05, 0.1) is 11.3 Å². The Morgan fingerprint density at radius 1 is 1.07 bits per heavy atom. The molecule has 1 aromatic heterocycles. The molecule has 28 heavy (non-hydrogen) atoms. The zero-order valence-corrected chi connectivity index (χ0v) is 17.4. The Balaban J connectivity index is 1.64. The maximum atomic E-state index is 12.3. The lowest BCUT2D eigenvalue weighted by atomic mass is 10.0. The molecule has 0 unspecified atom stereocenters.